The molecule has 1 aliphatic rings. The summed E-state index contributed by atoms with van der Waals surface area (Å²) < 4.78 is 1.95. The molecule has 0 spiro atoms. The number of aromatic nitrogens is 4. The molecule has 0 aliphatic heterocycles. The lowest BCUT2D eigenvalue weighted by molar-refractivity contribution is 0.174. The van der Waals surface area contributed by atoms with Gasteiger partial charge in [-0.2, -0.15) is 0 Å². The first kappa shape index (κ1) is 14.3. The van der Waals surface area contributed by atoms with E-state index in [0.29, 0.717) is 22.2 Å². The lowest BCUT2D eigenvalue weighted by atomic mass is 9.75. The van der Waals surface area contributed by atoms with Crippen molar-refractivity contribution in [1.82, 2.24) is 20.2 Å². The van der Waals surface area contributed by atoms with Gasteiger partial charge in [0.15, 0.2) is 5.82 Å². The van der Waals surface area contributed by atoms with Crippen LogP contribution in [0.3, 0.4) is 0 Å². The average molecular weight is 306 g/mol. The van der Waals surface area contributed by atoms with Crippen LogP contribution in [0, 0.1) is 5.41 Å². The Morgan fingerprint density at radius 2 is 2.19 bits per heavy atom. The van der Waals surface area contributed by atoms with Gasteiger partial charge in [0.25, 0.3) is 0 Å². The summed E-state index contributed by atoms with van der Waals surface area (Å²) in [5.74, 6) is 0.764. The van der Waals surface area contributed by atoms with Gasteiger partial charge in [0.2, 0.25) is 0 Å². The number of hydrogen-bond donors (Lipinski definition) is 1. The molecule has 0 bridgehead atoms. The molecular formula is C15H20ClN5. The van der Waals surface area contributed by atoms with E-state index in [1.807, 2.05) is 16.8 Å². The zero-order valence-electron chi connectivity index (χ0n) is 12.4. The minimum absolute atomic E-state index is 0.338. The Morgan fingerprint density at radius 1 is 1.38 bits per heavy atom. The zero-order chi connectivity index (χ0) is 15.0. The van der Waals surface area contributed by atoms with Crippen molar-refractivity contribution in [3.8, 4) is 11.4 Å². The van der Waals surface area contributed by atoms with E-state index in [2.05, 4.69) is 29.4 Å². The molecule has 0 amide bonds. The molecule has 2 N–H and O–H groups in total. The molecule has 6 heteroatoms. The molecule has 0 radical (unpaired) electrons. The molecule has 2 aromatic rings. The third kappa shape index (κ3) is 2.88. The summed E-state index contributed by atoms with van der Waals surface area (Å²) in [5.41, 5.74) is 7.58. The number of benzene rings is 1. The number of rotatable bonds is 2. The lowest BCUT2D eigenvalue weighted by Gasteiger charge is -2.35. The van der Waals surface area contributed by atoms with Crippen LogP contribution in [0.1, 0.15) is 45.6 Å². The van der Waals surface area contributed by atoms with Gasteiger partial charge in [0.05, 0.1) is 16.8 Å². The van der Waals surface area contributed by atoms with Crippen molar-refractivity contribution < 1.29 is 0 Å². The second-order valence-electron chi connectivity index (χ2n) is 6.60. The van der Waals surface area contributed by atoms with Gasteiger partial charge in [-0.05, 0) is 53.3 Å². The van der Waals surface area contributed by atoms with Gasteiger partial charge in [-0.3, -0.25) is 0 Å². The molecule has 3 rings (SSSR count). The fraction of sp³-hybridized carbons (Fsp3) is 0.533. The second kappa shape index (κ2) is 5.30. The molecule has 1 unspecified atom stereocenters. The van der Waals surface area contributed by atoms with Crippen molar-refractivity contribution in [2.45, 2.75) is 45.6 Å². The van der Waals surface area contributed by atoms with Crippen LogP contribution in [0.5, 0.6) is 0 Å². The first-order chi connectivity index (χ1) is 9.96. The summed E-state index contributed by atoms with van der Waals surface area (Å²) in [6.45, 7) is 4.62. The first-order valence-corrected chi connectivity index (χ1v) is 7.67. The van der Waals surface area contributed by atoms with Crippen LogP contribution in [0.2, 0.25) is 5.02 Å². The van der Waals surface area contributed by atoms with Gasteiger partial charge in [-0.15, -0.1) is 5.10 Å². The Kier molecular flexibility index (Phi) is 3.61. The molecule has 1 saturated carbocycles. The highest BCUT2D eigenvalue weighted by atomic mass is 35.5. The molecule has 1 heterocycles. The Morgan fingerprint density at radius 3 is 2.90 bits per heavy atom. The number of halogens is 1. The summed E-state index contributed by atoms with van der Waals surface area (Å²) in [7, 11) is 0. The summed E-state index contributed by atoms with van der Waals surface area (Å²) in [4.78, 5) is 0. The fourth-order valence-corrected chi connectivity index (χ4v) is 3.34. The van der Waals surface area contributed by atoms with Gasteiger partial charge in [0, 0.05) is 5.56 Å². The van der Waals surface area contributed by atoms with Crippen LogP contribution >= 0.6 is 11.6 Å². The third-order valence-electron chi connectivity index (χ3n) is 4.28. The number of tetrazole rings is 1. The van der Waals surface area contributed by atoms with Crippen LogP contribution in [-0.2, 0) is 0 Å². The van der Waals surface area contributed by atoms with Crippen molar-refractivity contribution in [3.05, 3.63) is 23.2 Å². The van der Waals surface area contributed by atoms with E-state index in [4.69, 9.17) is 17.3 Å². The molecule has 21 heavy (non-hydrogen) atoms. The van der Waals surface area contributed by atoms with Crippen LogP contribution in [0.25, 0.3) is 11.4 Å². The van der Waals surface area contributed by atoms with Gasteiger partial charge in [-0.25, -0.2) is 4.68 Å². The highest BCUT2D eigenvalue weighted by molar-refractivity contribution is 6.33. The SMILES string of the molecule is CC1(C)CCCC(n2nnnc2-c2ccc(N)c(Cl)c2)C1. The van der Waals surface area contributed by atoms with Crippen LogP contribution in [0.4, 0.5) is 5.69 Å². The van der Waals surface area contributed by atoms with Crippen molar-refractivity contribution in [2.24, 2.45) is 5.41 Å². The second-order valence-corrected chi connectivity index (χ2v) is 7.00. The maximum atomic E-state index is 6.11. The monoisotopic (exact) mass is 305 g/mol. The number of hydrogen-bond acceptors (Lipinski definition) is 4. The van der Waals surface area contributed by atoms with E-state index in [1.54, 1.807) is 6.07 Å². The molecule has 0 saturated heterocycles. The van der Waals surface area contributed by atoms with Crippen LogP contribution in [0.15, 0.2) is 18.2 Å². The van der Waals surface area contributed by atoms with Gasteiger partial charge < -0.3 is 5.73 Å². The average Bonchev–Trinajstić information content (AvgIpc) is 2.90. The van der Waals surface area contributed by atoms with Crippen LogP contribution < -0.4 is 5.73 Å². The van der Waals surface area contributed by atoms with Crippen molar-refractivity contribution in [2.75, 3.05) is 5.73 Å². The molecule has 112 valence electrons. The minimum Gasteiger partial charge on any atom is -0.398 e. The number of nitrogens with two attached hydrogens (primary N) is 1. The van der Waals surface area contributed by atoms with Gasteiger partial charge in [0.1, 0.15) is 0 Å². The predicted octanol–water partition coefficient (Wildman–Crippen LogP) is 3.72. The van der Waals surface area contributed by atoms with Crippen molar-refractivity contribution in [3.63, 3.8) is 0 Å². The van der Waals surface area contributed by atoms with Gasteiger partial charge in [-0.1, -0.05) is 31.9 Å². The zero-order valence-corrected chi connectivity index (χ0v) is 13.1. The highest BCUT2D eigenvalue weighted by Gasteiger charge is 2.31. The van der Waals surface area contributed by atoms with E-state index in [9.17, 15) is 0 Å². The molecule has 1 fully saturated rings. The van der Waals surface area contributed by atoms with Crippen molar-refractivity contribution in [1.29, 1.82) is 0 Å². The fourth-order valence-electron chi connectivity index (χ4n) is 3.16. The minimum atomic E-state index is 0.338. The molecule has 1 aromatic heterocycles. The van der Waals surface area contributed by atoms with E-state index in [1.165, 1.54) is 12.8 Å². The Labute approximate surface area is 129 Å². The summed E-state index contributed by atoms with van der Waals surface area (Å²) in [6.07, 6.45) is 4.67. The quantitative estimate of drug-likeness (QED) is 0.859. The molecule has 1 aromatic carbocycles. The smallest absolute Gasteiger partial charge is 0.182 e. The Hall–Kier alpha value is -1.62. The van der Waals surface area contributed by atoms with Crippen LogP contribution in [-0.4, -0.2) is 20.2 Å². The first-order valence-electron chi connectivity index (χ1n) is 7.29. The van der Waals surface area contributed by atoms with E-state index in [0.717, 1.165) is 24.2 Å². The summed E-state index contributed by atoms with van der Waals surface area (Å²) in [5, 5.41) is 12.8. The largest absolute Gasteiger partial charge is 0.398 e. The molecular weight excluding hydrogens is 286 g/mol. The van der Waals surface area contributed by atoms with E-state index in [-0.39, 0.29) is 0 Å². The number of anilines is 1. The Balaban J connectivity index is 1.95. The normalized spacial score (nSPS) is 21.4. The van der Waals surface area contributed by atoms with Crippen molar-refractivity contribution >= 4 is 17.3 Å². The van der Waals surface area contributed by atoms with E-state index >= 15 is 0 Å². The standard InChI is InChI=1S/C15H20ClN5/c1-15(2)7-3-4-11(9-15)21-14(18-19-20-21)10-5-6-13(17)12(16)8-10/h5-6,8,11H,3-4,7,9,17H2,1-2H3. The summed E-state index contributed by atoms with van der Waals surface area (Å²) in [6, 6.07) is 5.88. The van der Waals surface area contributed by atoms with Gasteiger partial charge >= 0.3 is 0 Å². The molecule has 5 nitrogen and oxygen atoms in total. The third-order valence-corrected chi connectivity index (χ3v) is 4.60. The number of nitrogen functional groups attached to an aromatic ring is 1. The predicted molar refractivity (Wildman–Crippen MR) is 84.0 cm³/mol. The topological polar surface area (TPSA) is 69.6 Å². The maximum Gasteiger partial charge on any atom is 0.182 e. The summed E-state index contributed by atoms with van der Waals surface area (Å²) >= 11 is 6.11. The van der Waals surface area contributed by atoms with E-state index < -0.39 is 0 Å². The molecule has 1 atom stereocenters. The molecule has 1 aliphatic carbocycles. The maximum absolute atomic E-state index is 6.11. The highest BCUT2D eigenvalue weighted by Crippen LogP contribution is 2.41. The lowest BCUT2D eigenvalue weighted by Crippen LogP contribution is -2.26. The number of nitrogens with zero attached hydrogens (tertiary/aromatic N) is 4. The Bertz CT molecular complexity index is 649.